The van der Waals surface area contributed by atoms with Gasteiger partial charge in [-0.05, 0) is 36.1 Å². The zero-order valence-corrected chi connectivity index (χ0v) is 11.1. The lowest BCUT2D eigenvalue weighted by molar-refractivity contribution is -0.114. The van der Waals surface area contributed by atoms with Crippen molar-refractivity contribution in [1.29, 1.82) is 0 Å². The Hall–Kier alpha value is -0.830. The predicted molar refractivity (Wildman–Crippen MR) is 67.3 cm³/mol. The minimum atomic E-state index is -0.0256. The van der Waals surface area contributed by atoms with Crippen LogP contribution in [0, 0.1) is 6.92 Å². The first kappa shape index (κ1) is 12.2. The second-order valence-corrected chi connectivity index (χ2v) is 4.94. The SMILES string of the molecule is CC(=O)Nc1c(C)cc(Br)cc1C(C)C. The molecule has 0 aliphatic carbocycles. The first-order valence-corrected chi connectivity index (χ1v) is 5.78. The van der Waals surface area contributed by atoms with Crippen molar-refractivity contribution < 1.29 is 4.79 Å². The summed E-state index contributed by atoms with van der Waals surface area (Å²) in [7, 11) is 0. The van der Waals surface area contributed by atoms with Crippen molar-refractivity contribution >= 4 is 27.5 Å². The van der Waals surface area contributed by atoms with Gasteiger partial charge in [0.2, 0.25) is 5.91 Å². The van der Waals surface area contributed by atoms with Gasteiger partial charge in [-0.3, -0.25) is 4.79 Å². The number of carbonyl (C=O) groups is 1. The van der Waals surface area contributed by atoms with Gasteiger partial charge in [0, 0.05) is 17.1 Å². The molecule has 1 aromatic rings. The lowest BCUT2D eigenvalue weighted by Gasteiger charge is -2.16. The van der Waals surface area contributed by atoms with Crippen LogP contribution in [0.15, 0.2) is 16.6 Å². The molecule has 0 spiro atoms. The number of hydrogen-bond donors (Lipinski definition) is 1. The molecule has 0 heterocycles. The molecule has 0 fully saturated rings. The van der Waals surface area contributed by atoms with Crippen molar-refractivity contribution in [3.8, 4) is 0 Å². The summed E-state index contributed by atoms with van der Waals surface area (Å²) in [5.41, 5.74) is 3.20. The van der Waals surface area contributed by atoms with Crippen LogP contribution in [0.3, 0.4) is 0 Å². The smallest absolute Gasteiger partial charge is 0.221 e. The van der Waals surface area contributed by atoms with Crippen molar-refractivity contribution in [2.45, 2.75) is 33.6 Å². The molecule has 0 aliphatic heterocycles. The molecule has 1 amide bonds. The van der Waals surface area contributed by atoms with Crippen LogP contribution < -0.4 is 5.32 Å². The second-order valence-electron chi connectivity index (χ2n) is 4.02. The highest BCUT2D eigenvalue weighted by Crippen LogP contribution is 2.31. The van der Waals surface area contributed by atoms with Gasteiger partial charge in [-0.25, -0.2) is 0 Å². The molecule has 82 valence electrons. The van der Waals surface area contributed by atoms with E-state index >= 15 is 0 Å². The lowest BCUT2D eigenvalue weighted by atomic mass is 9.98. The highest BCUT2D eigenvalue weighted by molar-refractivity contribution is 9.10. The number of rotatable bonds is 2. The first-order valence-electron chi connectivity index (χ1n) is 4.99. The van der Waals surface area contributed by atoms with Gasteiger partial charge in [0.1, 0.15) is 0 Å². The standard InChI is InChI=1S/C12H16BrNO/c1-7(2)11-6-10(13)5-8(3)12(11)14-9(4)15/h5-7H,1-4H3,(H,14,15). The summed E-state index contributed by atoms with van der Waals surface area (Å²) in [6, 6.07) is 4.07. The second kappa shape index (κ2) is 4.79. The summed E-state index contributed by atoms with van der Waals surface area (Å²) < 4.78 is 1.05. The van der Waals surface area contributed by atoms with Crippen LogP contribution in [-0.4, -0.2) is 5.91 Å². The molecule has 15 heavy (non-hydrogen) atoms. The molecule has 0 atom stereocenters. The van der Waals surface area contributed by atoms with Gasteiger partial charge in [0.15, 0.2) is 0 Å². The van der Waals surface area contributed by atoms with E-state index in [-0.39, 0.29) is 5.91 Å². The van der Waals surface area contributed by atoms with E-state index in [4.69, 9.17) is 0 Å². The maximum atomic E-state index is 11.1. The van der Waals surface area contributed by atoms with E-state index in [0.717, 1.165) is 21.3 Å². The van der Waals surface area contributed by atoms with Gasteiger partial charge >= 0.3 is 0 Å². The third kappa shape index (κ3) is 3.06. The van der Waals surface area contributed by atoms with E-state index in [1.807, 2.05) is 13.0 Å². The molecular formula is C12H16BrNO. The van der Waals surface area contributed by atoms with Gasteiger partial charge in [0.05, 0.1) is 0 Å². The Morgan fingerprint density at radius 1 is 1.40 bits per heavy atom. The molecule has 0 aliphatic rings. The van der Waals surface area contributed by atoms with Crippen LogP contribution in [0.2, 0.25) is 0 Å². The minimum absolute atomic E-state index is 0.0256. The largest absolute Gasteiger partial charge is 0.326 e. The molecule has 0 radical (unpaired) electrons. The van der Waals surface area contributed by atoms with Crippen molar-refractivity contribution in [3.63, 3.8) is 0 Å². The molecule has 0 aromatic heterocycles. The molecule has 2 nitrogen and oxygen atoms in total. The highest BCUT2D eigenvalue weighted by Gasteiger charge is 2.11. The highest BCUT2D eigenvalue weighted by atomic mass is 79.9. The number of anilines is 1. The van der Waals surface area contributed by atoms with Crippen molar-refractivity contribution in [3.05, 3.63) is 27.7 Å². The van der Waals surface area contributed by atoms with Crippen molar-refractivity contribution in [2.24, 2.45) is 0 Å². The third-order valence-electron chi connectivity index (χ3n) is 2.25. The molecule has 0 saturated carbocycles. The van der Waals surface area contributed by atoms with Crippen LogP contribution in [0.25, 0.3) is 0 Å². The number of hydrogen-bond acceptors (Lipinski definition) is 1. The summed E-state index contributed by atoms with van der Waals surface area (Å²) in [6.07, 6.45) is 0. The van der Waals surface area contributed by atoms with Crippen molar-refractivity contribution in [1.82, 2.24) is 0 Å². The molecule has 1 aromatic carbocycles. The number of aryl methyl sites for hydroxylation is 1. The Morgan fingerprint density at radius 3 is 2.47 bits per heavy atom. The zero-order valence-electron chi connectivity index (χ0n) is 9.52. The summed E-state index contributed by atoms with van der Waals surface area (Å²) in [5.74, 6) is 0.366. The Kier molecular flexibility index (Phi) is 3.91. The van der Waals surface area contributed by atoms with E-state index < -0.39 is 0 Å². The predicted octanol–water partition coefficient (Wildman–Crippen LogP) is 3.84. The number of nitrogens with one attached hydrogen (secondary N) is 1. The lowest BCUT2D eigenvalue weighted by Crippen LogP contribution is -2.10. The van der Waals surface area contributed by atoms with Crippen LogP contribution in [0.5, 0.6) is 0 Å². The number of carbonyl (C=O) groups excluding carboxylic acids is 1. The molecule has 3 heteroatoms. The quantitative estimate of drug-likeness (QED) is 0.869. The Labute approximate surface area is 99.2 Å². The van der Waals surface area contributed by atoms with Crippen LogP contribution >= 0.6 is 15.9 Å². The van der Waals surface area contributed by atoms with Crippen molar-refractivity contribution in [2.75, 3.05) is 5.32 Å². The van der Waals surface area contributed by atoms with Gasteiger partial charge in [-0.2, -0.15) is 0 Å². The van der Waals surface area contributed by atoms with E-state index in [1.54, 1.807) is 0 Å². The Morgan fingerprint density at radius 2 is 2.00 bits per heavy atom. The Bertz CT molecular complexity index is 385. The summed E-state index contributed by atoms with van der Waals surface area (Å²) in [5, 5.41) is 2.89. The summed E-state index contributed by atoms with van der Waals surface area (Å²) in [4.78, 5) is 11.1. The molecule has 1 rings (SSSR count). The fourth-order valence-electron chi connectivity index (χ4n) is 1.57. The summed E-state index contributed by atoms with van der Waals surface area (Å²) in [6.45, 7) is 7.77. The van der Waals surface area contributed by atoms with Gasteiger partial charge < -0.3 is 5.32 Å². The van der Waals surface area contributed by atoms with E-state index in [1.165, 1.54) is 6.92 Å². The maximum absolute atomic E-state index is 11.1. The maximum Gasteiger partial charge on any atom is 0.221 e. The number of amides is 1. The number of halogens is 1. The molecule has 0 bridgehead atoms. The van der Waals surface area contributed by atoms with Gasteiger partial charge in [-0.15, -0.1) is 0 Å². The molecule has 0 saturated heterocycles. The number of benzene rings is 1. The topological polar surface area (TPSA) is 29.1 Å². The third-order valence-corrected chi connectivity index (χ3v) is 2.71. The van der Waals surface area contributed by atoms with E-state index in [9.17, 15) is 4.79 Å². The Balaban J connectivity index is 3.26. The average molecular weight is 270 g/mol. The van der Waals surface area contributed by atoms with E-state index in [0.29, 0.717) is 5.92 Å². The van der Waals surface area contributed by atoms with Gasteiger partial charge in [0.25, 0.3) is 0 Å². The van der Waals surface area contributed by atoms with Crippen LogP contribution in [0.1, 0.15) is 37.8 Å². The molecular weight excluding hydrogens is 254 g/mol. The fourth-order valence-corrected chi connectivity index (χ4v) is 2.16. The first-order chi connectivity index (χ1) is 6.91. The fraction of sp³-hybridized carbons (Fsp3) is 0.417. The molecule has 1 N–H and O–H groups in total. The van der Waals surface area contributed by atoms with E-state index in [2.05, 4.69) is 41.2 Å². The average Bonchev–Trinajstić information content (AvgIpc) is 2.08. The van der Waals surface area contributed by atoms with Gasteiger partial charge in [-0.1, -0.05) is 29.8 Å². The monoisotopic (exact) mass is 269 g/mol. The van der Waals surface area contributed by atoms with Crippen LogP contribution in [-0.2, 0) is 4.79 Å². The normalized spacial score (nSPS) is 10.5. The minimum Gasteiger partial charge on any atom is -0.326 e. The zero-order chi connectivity index (χ0) is 11.6. The summed E-state index contributed by atoms with van der Waals surface area (Å²) >= 11 is 3.47. The molecule has 0 unspecified atom stereocenters. The van der Waals surface area contributed by atoms with Crippen LogP contribution in [0.4, 0.5) is 5.69 Å².